The maximum Gasteiger partial charge on any atom is 0.119 e. The molecule has 4 nitrogen and oxygen atoms in total. The van der Waals surface area contributed by atoms with Gasteiger partial charge in [0.15, 0.2) is 0 Å². The van der Waals surface area contributed by atoms with Crippen molar-refractivity contribution in [2.24, 2.45) is 11.8 Å². The number of benzene rings is 2. The lowest BCUT2D eigenvalue weighted by molar-refractivity contribution is 0.0637. The van der Waals surface area contributed by atoms with Crippen molar-refractivity contribution < 1.29 is 9.84 Å². The highest BCUT2D eigenvalue weighted by Crippen LogP contribution is 2.47. The zero-order valence-corrected chi connectivity index (χ0v) is 18.7. The van der Waals surface area contributed by atoms with Crippen LogP contribution in [0.3, 0.4) is 0 Å². The van der Waals surface area contributed by atoms with E-state index >= 15 is 0 Å². The van der Waals surface area contributed by atoms with E-state index < -0.39 is 6.10 Å². The number of aliphatic hydroxyl groups is 1. The number of aliphatic hydroxyl groups excluding tert-OH is 1. The zero-order chi connectivity index (χ0) is 21.2. The van der Waals surface area contributed by atoms with E-state index in [0.717, 1.165) is 49.7 Å². The minimum absolute atomic E-state index is 0.338. The zero-order valence-electron chi connectivity index (χ0n) is 18.7. The maximum atomic E-state index is 10.6. The van der Waals surface area contributed by atoms with E-state index in [1.54, 1.807) is 0 Å². The first-order valence-corrected chi connectivity index (χ1v) is 12.0. The van der Waals surface area contributed by atoms with Gasteiger partial charge in [-0.1, -0.05) is 36.4 Å². The highest BCUT2D eigenvalue weighted by molar-refractivity contribution is 5.30. The molecule has 0 amide bonds. The Morgan fingerprint density at radius 2 is 1.77 bits per heavy atom. The average Bonchev–Trinajstić information content (AvgIpc) is 3.69. The summed E-state index contributed by atoms with van der Waals surface area (Å²) in [4.78, 5) is 4.90. The molecule has 2 saturated carbocycles. The van der Waals surface area contributed by atoms with Gasteiger partial charge in [-0.3, -0.25) is 9.80 Å². The van der Waals surface area contributed by atoms with Gasteiger partial charge < -0.3 is 9.84 Å². The van der Waals surface area contributed by atoms with Gasteiger partial charge in [-0.2, -0.15) is 0 Å². The van der Waals surface area contributed by atoms with Crippen molar-refractivity contribution in [1.29, 1.82) is 0 Å². The summed E-state index contributed by atoms with van der Waals surface area (Å²) >= 11 is 0. The van der Waals surface area contributed by atoms with Crippen LogP contribution in [0.4, 0.5) is 0 Å². The first-order valence-electron chi connectivity index (χ1n) is 12.0. The second-order valence-corrected chi connectivity index (χ2v) is 9.95. The smallest absolute Gasteiger partial charge is 0.119 e. The summed E-state index contributed by atoms with van der Waals surface area (Å²) in [6.45, 7) is 3.88. The molecule has 166 valence electrons. The fraction of sp³-hybridized carbons (Fsp3) is 0.556. The van der Waals surface area contributed by atoms with Crippen molar-refractivity contribution in [2.45, 2.75) is 57.3 Å². The van der Waals surface area contributed by atoms with Crippen molar-refractivity contribution in [1.82, 2.24) is 9.80 Å². The van der Waals surface area contributed by atoms with Gasteiger partial charge >= 0.3 is 0 Å². The number of ether oxygens (including phenoxy) is 1. The van der Waals surface area contributed by atoms with E-state index in [4.69, 9.17) is 4.74 Å². The third kappa shape index (κ3) is 5.49. The third-order valence-corrected chi connectivity index (χ3v) is 7.17. The first kappa shape index (κ1) is 21.0. The van der Waals surface area contributed by atoms with E-state index in [1.165, 1.54) is 42.4 Å². The quantitative estimate of drug-likeness (QED) is 0.628. The summed E-state index contributed by atoms with van der Waals surface area (Å²) in [6.07, 6.45) is 6.22. The molecule has 2 fully saturated rings. The van der Waals surface area contributed by atoms with Crippen LogP contribution < -0.4 is 4.74 Å². The van der Waals surface area contributed by atoms with Crippen LogP contribution in [0.15, 0.2) is 48.5 Å². The van der Waals surface area contributed by atoms with Crippen LogP contribution in [0.25, 0.3) is 0 Å². The van der Waals surface area contributed by atoms with Crippen LogP contribution in [0, 0.1) is 11.8 Å². The lowest BCUT2D eigenvalue weighted by atomic mass is 10.00. The fourth-order valence-electron chi connectivity index (χ4n) is 5.36. The highest BCUT2D eigenvalue weighted by Gasteiger charge is 2.43. The van der Waals surface area contributed by atoms with Gasteiger partial charge in [0.05, 0.1) is 0 Å². The Bertz CT molecular complexity index is 865. The Kier molecular flexibility index (Phi) is 6.31. The molecule has 1 heterocycles. The van der Waals surface area contributed by atoms with Crippen LogP contribution in [0.1, 0.15) is 42.4 Å². The standard InChI is InChI=1S/C27H36N2O2/c1-28(27(22-9-10-22)23-11-12-23)16-20-5-4-8-26(15-20)31-19-25(30)18-29-14-13-21-6-2-3-7-24(21)17-29/h2-8,15,22-23,25,27,30H,9-14,16-19H2,1H3. The number of β-amino-alcohol motifs (C(OH)–C–C–N with tert-alkyl or cyclic N) is 1. The molecule has 0 aromatic heterocycles. The third-order valence-electron chi connectivity index (χ3n) is 7.17. The molecule has 2 aliphatic carbocycles. The number of hydrogen-bond donors (Lipinski definition) is 1. The van der Waals surface area contributed by atoms with E-state index in [9.17, 15) is 5.11 Å². The minimum atomic E-state index is -0.481. The predicted molar refractivity (Wildman–Crippen MR) is 124 cm³/mol. The predicted octanol–water partition coefficient (Wildman–Crippen LogP) is 4.11. The van der Waals surface area contributed by atoms with Crippen molar-refractivity contribution in [3.05, 3.63) is 65.2 Å². The number of hydrogen-bond acceptors (Lipinski definition) is 4. The molecular weight excluding hydrogens is 384 g/mol. The van der Waals surface area contributed by atoms with Crippen LogP contribution in [-0.2, 0) is 19.5 Å². The summed E-state index contributed by atoms with van der Waals surface area (Å²) in [5, 5.41) is 10.6. The maximum absolute atomic E-state index is 10.6. The Hall–Kier alpha value is -1.88. The van der Waals surface area contributed by atoms with E-state index in [2.05, 4.69) is 59.3 Å². The van der Waals surface area contributed by atoms with Crippen molar-refractivity contribution >= 4 is 0 Å². The number of fused-ring (bicyclic) bond motifs is 1. The minimum Gasteiger partial charge on any atom is -0.491 e. The summed E-state index contributed by atoms with van der Waals surface area (Å²) in [7, 11) is 2.29. The van der Waals surface area contributed by atoms with Gasteiger partial charge in [0.2, 0.25) is 0 Å². The van der Waals surface area contributed by atoms with E-state index in [1.807, 2.05) is 6.07 Å². The van der Waals surface area contributed by atoms with Crippen LogP contribution >= 0.6 is 0 Å². The molecule has 4 heteroatoms. The van der Waals surface area contributed by atoms with Crippen molar-refractivity contribution in [2.75, 3.05) is 26.7 Å². The van der Waals surface area contributed by atoms with Crippen LogP contribution in [0.5, 0.6) is 5.75 Å². The molecule has 5 rings (SSSR count). The van der Waals surface area contributed by atoms with Gasteiger partial charge in [-0.05, 0) is 79.8 Å². The summed E-state index contributed by atoms with van der Waals surface area (Å²) in [5.74, 6) is 2.71. The van der Waals surface area contributed by atoms with E-state index in [-0.39, 0.29) is 0 Å². The Morgan fingerprint density at radius 1 is 1.03 bits per heavy atom. The molecule has 1 N–H and O–H groups in total. The Morgan fingerprint density at radius 3 is 2.52 bits per heavy atom. The van der Waals surface area contributed by atoms with E-state index in [0.29, 0.717) is 13.2 Å². The molecule has 1 aliphatic heterocycles. The Balaban J connectivity index is 1.10. The highest BCUT2D eigenvalue weighted by atomic mass is 16.5. The SMILES string of the molecule is CN(Cc1cccc(OCC(O)CN2CCc3ccccc3C2)c1)C(C1CC1)C1CC1. The average molecular weight is 421 g/mol. The molecule has 2 aromatic rings. The first-order chi connectivity index (χ1) is 15.2. The van der Waals surface area contributed by atoms with Gasteiger partial charge in [0, 0.05) is 32.2 Å². The van der Waals surface area contributed by atoms with Crippen LogP contribution in [-0.4, -0.2) is 53.8 Å². The molecule has 1 atom stereocenters. The second-order valence-electron chi connectivity index (χ2n) is 9.95. The fourth-order valence-corrected chi connectivity index (χ4v) is 5.36. The van der Waals surface area contributed by atoms with Crippen molar-refractivity contribution in [3.8, 4) is 5.75 Å². The monoisotopic (exact) mass is 420 g/mol. The second kappa shape index (κ2) is 9.32. The van der Waals surface area contributed by atoms with Crippen molar-refractivity contribution in [3.63, 3.8) is 0 Å². The lowest BCUT2D eigenvalue weighted by Crippen LogP contribution is -2.38. The number of rotatable bonds is 10. The van der Waals surface area contributed by atoms with Gasteiger partial charge in [-0.15, -0.1) is 0 Å². The van der Waals surface area contributed by atoms with Gasteiger partial charge in [0.1, 0.15) is 18.5 Å². The molecule has 3 aliphatic rings. The topological polar surface area (TPSA) is 35.9 Å². The molecule has 1 unspecified atom stereocenters. The molecule has 0 saturated heterocycles. The molecule has 2 aromatic carbocycles. The van der Waals surface area contributed by atoms with Gasteiger partial charge in [-0.25, -0.2) is 0 Å². The molecular formula is C27H36N2O2. The molecule has 0 radical (unpaired) electrons. The van der Waals surface area contributed by atoms with Gasteiger partial charge in [0.25, 0.3) is 0 Å². The van der Waals surface area contributed by atoms with Crippen LogP contribution in [0.2, 0.25) is 0 Å². The molecule has 31 heavy (non-hydrogen) atoms. The summed E-state index contributed by atoms with van der Waals surface area (Å²) < 4.78 is 5.99. The largest absolute Gasteiger partial charge is 0.491 e. The molecule has 0 bridgehead atoms. The molecule has 0 spiro atoms. The Labute approximate surface area is 186 Å². The normalized spacial score (nSPS) is 20.1. The summed E-state index contributed by atoms with van der Waals surface area (Å²) in [5.41, 5.74) is 4.12. The summed E-state index contributed by atoms with van der Waals surface area (Å²) in [6, 6.07) is 17.8. The lowest BCUT2D eigenvalue weighted by Gasteiger charge is -2.30. The number of nitrogens with zero attached hydrogens (tertiary/aromatic N) is 2.